The van der Waals surface area contributed by atoms with Crippen LogP contribution in [0, 0.1) is 11.7 Å². The number of benzene rings is 1. The number of halogens is 1. The number of rotatable bonds is 6. The summed E-state index contributed by atoms with van der Waals surface area (Å²) in [6.45, 7) is 0.612. The molecule has 0 spiro atoms. The molecule has 1 amide bonds. The Kier molecular flexibility index (Phi) is 4.18. The zero-order chi connectivity index (χ0) is 13.0. The molecule has 18 heavy (non-hydrogen) atoms. The van der Waals surface area contributed by atoms with E-state index in [1.807, 2.05) is 0 Å². The van der Waals surface area contributed by atoms with Crippen molar-refractivity contribution in [1.29, 1.82) is 0 Å². The smallest absolute Gasteiger partial charge is 0.254 e. The Labute approximate surface area is 106 Å². The van der Waals surface area contributed by atoms with Gasteiger partial charge in [-0.2, -0.15) is 0 Å². The maximum Gasteiger partial charge on any atom is 0.254 e. The third-order valence-corrected chi connectivity index (χ3v) is 3.19. The van der Waals surface area contributed by atoms with Crippen LogP contribution in [0.4, 0.5) is 4.39 Å². The molecular formula is C14H18FNO2. The van der Waals surface area contributed by atoms with Crippen LogP contribution in [0.2, 0.25) is 0 Å². The first-order valence-corrected chi connectivity index (χ1v) is 6.32. The van der Waals surface area contributed by atoms with Gasteiger partial charge in [0.2, 0.25) is 0 Å². The van der Waals surface area contributed by atoms with E-state index in [1.54, 1.807) is 6.07 Å². The highest BCUT2D eigenvalue weighted by Crippen LogP contribution is 2.33. The van der Waals surface area contributed by atoms with Crippen LogP contribution in [0.3, 0.4) is 0 Å². The number of carbonyl (C=O) groups is 1. The fourth-order valence-corrected chi connectivity index (χ4v) is 1.90. The van der Waals surface area contributed by atoms with Gasteiger partial charge in [-0.05, 0) is 30.9 Å². The first-order chi connectivity index (χ1) is 8.70. The minimum Gasteiger partial charge on any atom is -0.497 e. The molecule has 1 fully saturated rings. The van der Waals surface area contributed by atoms with Crippen LogP contribution < -0.4 is 10.1 Å². The van der Waals surface area contributed by atoms with Crippen molar-refractivity contribution < 1.29 is 13.9 Å². The van der Waals surface area contributed by atoms with E-state index >= 15 is 0 Å². The number of amides is 1. The molecule has 0 aliphatic heterocycles. The minimum atomic E-state index is -0.547. The van der Waals surface area contributed by atoms with E-state index < -0.39 is 5.82 Å². The van der Waals surface area contributed by atoms with Crippen molar-refractivity contribution in [1.82, 2.24) is 5.32 Å². The van der Waals surface area contributed by atoms with E-state index in [0.717, 1.165) is 18.8 Å². The van der Waals surface area contributed by atoms with Gasteiger partial charge in [0.15, 0.2) is 0 Å². The third kappa shape index (κ3) is 3.45. The Balaban J connectivity index is 1.83. The van der Waals surface area contributed by atoms with Gasteiger partial charge in [-0.15, -0.1) is 0 Å². The Morgan fingerprint density at radius 1 is 1.50 bits per heavy atom. The van der Waals surface area contributed by atoms with E-state index in [0.29, 0.717) is 12.3 Å². The lowest BCUT2D eigenvalue weighted by Gasteiger charge is -2.07. The predicted octanol–water partition coefficient (Wildman–Crippen LogP) is 2.75. The molecule has 98 valence electrons. The average molecular weight is 251 g/mol. The summed E-state index contributed by atoms with van der Waals surface area (Å²) in [5.74, 6) is 0.373. The van der Waals surface area contributed by atoms with Crippen LogP contribution in [0.15, 0.2) is 18.2 Å². The first kappa shape index (κ1) is 12.9. The summed E-state index contributed by atoms with van der Waals surface area (Å²) in [4.78, 5) is 11.7. The summed E-state index contributed by atoms with van der Waals surface area (Å²) in [5.41, 5.74) is 0.0715. The van der Waals surface area contributed by atoms with Gasteiger partial charge < -0.3 is 10.1 Å². The molecule has 1 N–H and O–H groups in total. The monoisotopic (exact) mass is 251 g/mol. The van der Waals surface area contributed by atoms with E-state index in [2.05, 4.69) is 5.32 Å². The quantitative estimate of drug-likeness (QED) is 0.789. The Morgan fingerprint density at radius 2 is 2.28 bits per heavy atom. The normalized spacial score (nSPS) is 14.3. The predicted molar refractivity (Wildman–Crippen MR) is 67.2 cm³/mol. The van der Waals surface area contributed by atoms with Crippen LogP contribution in [-0.2, 0) is 0 Å². The zero-order valence-electron chi connectivity index (χ0n) is 10.5. The highest BCUT2D eigenvalue weighted by atomic mass is 19.1. The van der Waals surface area contributed by atoms with Gasteiger partial charge in [0.25, 0.3) is 5.91 Å². The second kappa shape index (κ2) is 5.85. The molecule has 1 aliphatic carbocycles. The van der Waals surface area contributed by atoms with Crippen molar-refractivity contribution >= 4 is 5.91 Å². The van der Waals surface area contributed by atoms with Crippen molar-refractivity contribution in [3.8, 4) is 5.75 Å². The molecule has 1 saturated carbocycles. The SMILES string of the molecule is COc1ccc(C(=O)NCCCC2CC2)c(F)c1. The maximum absolute atomic E-state index is 13.6. The van der Waals surface area contributed by atoms with Gasteiger partial charge in [0, 0.05) is 12.6 Å². The topological polar surface area (TPSA) is 38.3 Å². The van der Waals surface area contributed by atoms with Crippen molar-refractivity contribution in [2.75, 3.05) is 13.7 Å². The molecule has 0 unspecified atom stereocenters. The van der Waals surface area contributed by atoms with Crippen LogP contribution in [0.1, 0.15) is 36.0 Å². The molecule has 1 aliphatic rings. The van der Waals surface area contributed by atoms with Gasteiger partial charge >= 0.3 is 0 Å². The zero-order valence-corrected chi connectivity index (χ0v) is 10.5. The molecule has 0 bridgehead atoms. The highest BCUT2D eigenvalue weighted by molar-refractivity contribution is 5.94. The molecule has 0 atom stereocenters. The van der Waals surface area contributed by atoms with E-state index in [1.165, 1.54) is 32.1 Å². The second-order valence-corrected chi connectivity index (χ2v) is 4.69. The number of ether oxygens (including phenoxy) is 1. The summed E-state index contributed by atoms with van der Waals surface area (Å²) in [7, 11) is 1.46. The largest absolute Gasteiger partial charge is 0.497 e. The molecule has 0 radical (unpaired) electrons. The van der Waals surface area contributed by atoms with Crippen molar-refractivity contribution in [3.05, 3.63) is 29.6 Å². The molecule has 2 rings (SSSR count). The van der Waals surface area contributed by atoms with Crippen LogP contribution in [0.5, 0.6) is 5.75 Å². The van der Waals surface area contributed by atoms with Gasteiger partial charge in [0.1, 0.15) is 11.6 Å². The maximum atomic E-state index is 13.6. The van der Waals surface area contributed by atoms with Crippen molar-refractivity contribution in [3.63, 3.8) is 0 Å². The van der Waals surface area contributed by atoms with Gasteiger partial charge in [0.05, 0.1) is 12.7 Å². The highest BCUT2D eigenvalue weighted by Gasteiger charge is 2.20. The number of hydrogen-bond acceptors (Lipinski definition) is 2. The fraction of sp³-hybridized carbons (Fsp3) is 0.500. The molecule has 1 aromatic carbocycles. The number of nitrogens with one attached hydrogen (secondary N) is 1. The third-order valence-electron chi connectivity index (χ3n) is 3.19. The first-order valence-electron chi connectivity index (χ1n) is 6.32. The molecule has 1 aromatic rings. The Morgan fingerprint density at radius 3 is 2.89 bits per heavy atom. The molecule has 4 heteroatoms. The van der Waals surface area contributed by atoms with Crippen LogP contribution in [-0.4, -0.2) is 19.6 Å². The fourth-order valence-electron chi connectivity index (χ4n) is 1.90. The van der Waals surface area contributed by atoms with Crippen molar-refractivity contribution in [2.45, 2.75) is 25.7 Å². The lowest BCUT2D eigenvalue weighted by molar-refractivity contribution is 0.0948. The Bertz CT molecular complexity index is 430. The van der Waals surface area contributed by atoms with E-state index in [9.17, 15) is 9.18 Å². The van der Waals surface area contributed by atoms with Gasteiger partial charge in [-0.25, -0.2) is 4.39 Å². The summed E-state index contributed by atoms with van der Waals surface area (Å²) < 4.78 is 18.5. The molecule has 0 saturated heterocycles. The Hall–Kier alpha value is -1.58. The van der Waals surface area contributed by atoms with Gasteiger partial charge in [-0.1, -0.05) is 12.8 Å². The minimum absolute atomic E-state index is 0.0715. The van der Waals surface area contributed by atoms with Crippen molar-refractivity contribution in [2.24, 2.45) is 5.92 Å². The molecule has 0 aromatic heterocycles. The summed E-state index contributed by atoms with van der Waals surface area (Å²) >= 11 is 0. The van der Waals surface area contributed by atoms with Crippen LogP contribution in [0.25, 0.3) is 0 Å². The standard InChI is InChI=1S/C14H18FNO2/c1-18-11-6-7-12(13(15)9-11)14(17)16-8-2-3-10-4-5-10/h6-7,9-10H,2-5,8H2,1H3,(H,16,17). The lowest BCUT2D eigenvalue weighted by Crippen LogP contribution is -2.25. The molecular weight excluding hydrogens is 233 g/mol. The number of carbonyl (C=O) groups excluding carboxylic acids is 1. The van der Waals surface area contributed by atoms with E-state index in [-0.39, 0.29) is 11.5 Å². The summed E-state index contributed by atoms with van der Waals surface area (Å²) in [5, 5.41) is 2.74. The van der Waals surface area contributed by atoms with Gasteiger partial charge in [-0.3, -0.25) is 4.79 Å². The number of hydrogen-bond donors (Lipinski definition) is 1. The van der Waals surface area contributed by atoms with Crippen LogP contribution >= 0.6 is 0 Å². The number of methoxy groups -OCH3 is 1. The molecule has 3 nitrogen and oxygen atoms in total. The lowest BCUT2D eigenvalue weighted by atomic mass is 10.1. The molecule has 0 heterocycles. The second-order valence-electron chi connectivity index (χ2n) is 4.69. The summed E-state index contributed by atoms with van der Waals surface area (Å²) in [6.07, 6.45) is 4.77. The van der Waals surface area contributed by atoms with E-state index in [4.69, 9.17) is 4.74 Å². The summed E-state index contributed by atoms with van der Waals surface area (Å²) in [6, 6.07) is 4.26. The average Bonchev–Trinajstić information content (AvgIpc) is 3.18.